The number of hydrogen-bond donors (Lipinski definition) is 1. The largest absolute Gasteiger partial charge is 0.381 e. The van der Waals surface area contributed by atoms with Gasteiger partial charge in [0.2, 0.25) is 5.91 Å². The second-order valence-electron chi connectivity index (χ2n) is 4.70. The van der Waals surface area contributed by atoms with Gasteiger partial charge in [-0.25, -0.2) is 0 Å². The Balaban J connectivity index is 1.99. The van der Waals surface area contributed by atoms with Crippen molar-refractivity contribution in [2.24, 2.45) is 5.73 Å². The molecule has 2 saturated heterocycles. The molecule has 16 heavy (non-hydrogen) atoms. The van der Waals surface area contributed by atoms with E-state index in [1.165, 1.54) is 0 Å². The van der Waals surface area contributed by atoms with Gasteiger partial charge in [-0.1, -0.05) is 6.92 Å². The van der Waals surface area contributed by atoms with Crippen LogP contribution in [0, 0.1) is 0 Å². The molecule has 0 aromatic heterocycles. The Bertz CT molecular complexity index is 267. The van der Waals surface area contributed by atoms with Crippen molar-refractivity contribution in [3.63, 3.8) is 0 Å². The number of carbonyl (C=O) groups excluding carboxylic acids is 1. The van der Waals surface area contributed by atoms with Gasteiger partial charge in [0, 0.05) is 37.3 Å². The van der Waals surface area contributed by atoms with E-state index >= 15 is 0 Å². The van der Waals surface area contributed by atoms with E-state index in [-0.39, 0.29) is 5.91 Å². The molecular weight excluding hydrogens is 224 g/mol. The molecule has 2 aliphatic rings. The highest BCUT2D eigenvalue weighted by Crippen LogP contribution is 2.24. The maximum Gasteiger partial charge on any atom is 0.242 e. The Morgan fingerprint density at radius 2 is 2.19 bits per heavy atom. The molecule has 0 bridgehead atoms. The summed E-state index contributed by atoms with van der Waals surface area (Å²) in [6, 6.07) is 0. The SMILES string of the molecule is CC1CN(C(=O)C2(N)CCOCC2)CCS1. The van der Waals surface area contributed by atoms with E-state index in [1.54, 1.807) is 0 Å². The maximum absolute atomic E-state index is 12.4. The molecular formula is C11H20N2O2S. The van der Waals surface area contributed by atoms with Crippen molar-refractivity contribution >= 4 is 17.7 Å². The molecule has 2 aliphatic heterocycles. The van der Waals surface area contributed by atoms with Crippen molar-refractivity contribution in [3.05, 3.63) is 0 Å². The van der Waals surface area contributed by atoms with Crippen LogP contribution in [0.5, 0.6) is 0 Å². The molecule has 0 aliphatic carbocycles. The maximum atomic E-state index is 12.4. The summed E-state index contributed by atoms with van der Waals surface area (Å²) >= 11 is 1.93. The molecule has 2 rings (SSSR count). The van der Waals surface area contributed by atoms with Gasteiger partial charge in [0.15, 0.2) is 0 Å². The summed E-state index contributed by atoms with van der Waals surface area (Å²) in [5.74, 6) is 1.16. The van der Waals surface area contributed by atoms with Crippen LogP contribution in [0.3, 0.4) is 0 Å². The summed E-state index contributed by atoms with van der Waals surface area (Å²) in [6.45, 7) is 5.06. The lowest BCUT2D eigenvalue weighted by Gasteiger charge is -2.39. The molecule has 92 valence electrons. The minimum atomic E-state index is -0.667. The Labute approximate surface area is 101 Å². The molecule has 0 aromatic carbocycles. The van der Waals surface area contributed by atoms with Gasteiger partial charge in [-0.2, -0.15) is 11.8 Å². The number of amides is 1. The molecule has 0 radical (unpaired) electrons. The molecule has 0 spiro atoms. The van der Waals surface area contributed by atoms with Gasteiger partial charge in [-0.3, -0.25) is 4.79 Å². The first-order chi connectivity index (χ1) is 7.62. The molecule has 1 amide bonds. The Morgan fingerprint density at radius 3 is 2.81 bits per heavy atom. The van der Waals surface area contributed by atoms with Crippen molar-refractivity contribution in [1.29, 1.82) is 0 Å². The predicted octanol–water partition coefficient (Wildman–Crippen LogP) is 0.458. The smallest absolute Gasteiger partial charge is 0.242 e. The average Bonchev–Trinajstić information content (AvgIpc) is 2.29. The fourth-order valence-corrected chi connectivity index (χ4v) is 3.28. The van der Waals surface area contributed by atoms with Crippen LogP contribution in [0.25, 0.3) is 0 Å². The van der Waals surface area contributed by atoms with Gasteiger partial charge in [0.1, 0.15) is 0 Å². The minimum absolute atomic E-state index is 0.128. The van der Waals surface area contributed by atoms with E-state index in [1.807, 2.05) is 16.7 Å². The summed E-state index contributed by atoms with van der Waals surface area (Å²) in [5.41, 5.74) is 5.53. The van der Waals surface area contributed by atoms with Crippen LogP contribution in [-0.2, 0) is 9.53 Å². The molecule has 2 heterocycles. The zero-order valence-corrected chi connectivity index (χ0v) is 10.6. The highest BCUT2D eigenvalue weighted by Gasteiger charge is 2.39. The fraction of sp³-hybridized carbons (Fsp3) is 0.909. The third-order valence-electron chi connectivity index (χ3n) is 3.34. The standard InChI is InChI=1S/C11H20N2O2S/c1-9-8-13(4-7-16-9)10(14)11(12)2-5-15-6-3-11/h9H,2-8,12H2,1H3. The summed E-state index contributed by atoms with van der Waals surface area (Å²) in [7, 11) is 0. The molecule has 0 aromatic rings. The lowest BCUT2D eigenvalue weighted by molar-refractivity contribution is -0.140. The van der Waals surface area contributed by atoms with Crippen LogP contribution in [-0.4, -0.2) is 53.7 Å². The van der Waals surface area contributed by atoms with Crippen LogP contribution in [0.2, 0.25) is 0 Å². The second kappa shape index (κ2) is 4.94. The first kappa shape index (κ1) is 12.2. The Hall–Kier alpha value is -0.260. The Kier molecular flexibility index (Phi) is 3.77. The van der Waals surface area contributed by atoms with E-state index in [9.17, 15) is 4.79 Å². The van der Waals surface area contributed by atoms with Crippen molar-refractivity contribution in [2.75, 3.05) is 32.1 Å². The monoisotopic (exact) mass is 244 g/mol. The predicted molar refractivity (Wildman–Crippen MR) is 65.5 cm³/mol. The van der Waals surface area contributed by atoms with Crippen LogP contribution in [0.4, 0.5) is 0 Å². The van der Waals surface area contributed by atoms with E-state index < -0.39 is 5.54 Å². The highest BCUT2D eigenvalue weighted by atomic mass is 32.2. The second-order valence-corrected chi connectivity index (χ2v) is 6.25. The van der Waals surface area contributed by atoms with Gasteiger partial charge in [-0.05, 0) is 12.8 Å². The number of nitrogens with two attached hydrogens (primary N) is 1. The Morgan fingerprint density at radius 1 is 1.50 bits per heavy atom. The van der Waals surface area contributed by atoms with Crippen molar-refractivity contribution < 1.29 is 9.53 Å². The van der Waals surface area contributed by atoms with Crippen molar-refractivity contribution in [1.82, 2.24) is 4.90 Å². The molecule has 0 saturated carbocycles. The normalized spacial score (nSPS) is 30.1. The number of rotatable bonds is 1. The molecule has 4 nitrogen and oxygen atoms in total. The molecule has 5 heteroatoms. The van der Waals surface area contributed by atoms with E-state index in [0.29, 0.717) is 31.3 Å². The van der Waals surface area contributed by atoms with Crippen LogP contribution in [0.1, 0.15) is 19.8 Å². The zero-order chi connectivity index (χ0) is 11.6. The van der Waals surface area contributed by atoms with Crippen LogP contribution < -0.4 is 5.73 Å². The molecule has 2 fully saturated rings. The van der Waals surface area contributed by atoms with Gasteiger partial charge in [-0.15, -0.1) is 0 Å². The number of ether oxygens (including phenoxy) is 1. The lowest BCUT2D eigenvalue weighted by atomic mass is 9.89. The average molecular weight is 244 g/mol. The minimum Gasteiger partial charge on any atom is -0.381 e. The van der Waals surface area contributed by atoms with Crippen molar-refractivity contribution in [3.8, 4) is 0 Å². The zero-order valence-electron chi connectivity index (χ0n) is 9.78. The molecule has 1 atom stereocenters. The fourth-order valence-electron chi connectivity index (χ4n) is 2.27. The summed E-state index contributed by atoms with van der Waals surface area (Å²) in [4.78, 5) is 14.3. The number of thioether (sulfide) groups is 1. The molecule has 2 N–H and O–H groups in total. The third kappa shape index (κ3) is 2.52. The lowest BCUT2D eigenvalue weighted by Crippen LogP contribution is -2.59. The molecule has 1 unspecified atom stereocenters. The first-order valence-electron chi connectivity index (χ1n) is 5.89. The van der Waals surface area contributed by atoms with E-state index in [0.717, 1.165) is 18.8 Å². The van der Waals surface area contributed by atoms with Crippen molar-refractivity contribution in [2.45, 2.75) is 30.6 Å². The number of nitrogens with zero attached hydrogens (tertiary/aromatic N) is 1. The number of hydrogen-bond acceptors (Lipinski definition) is 4. The van der Waals surface area contributed by atoms with Gasteiger partial charge >= 0.3 is 0 Å². The quantitative estimate of drug-likeness (QED) is 0.728. The topological polar surface area (TPSA) is 55.6 Å². The highest BCUT2D eigenvalue weighted by molar-refractivity contribution is 7.99. The van der Waals surface area contributed by atoms with Gasteiger partial charge in [0.25, 0.3) is 0 Å². The van der Waals surface area contributed by atoms with Gasteiger partial charge in [0.05, 0.1) is 5.54 Å². The van der Waals surface area contributed by atoms with E-state index in [2.05, 4.69) is 6.92 Å². The number of carbonyl (C=O) groups is 1. The summed E-state index contributed by atoms with van der Waals surface area (Å²) in [6.07, 6.45) is 1.31. The first-order valence-corrected chi connectivity index (χ1v) is 6.94. The third-order valence-corrected chi connectivity index (χ3v) is 4.48. The van der Waals surface area contributed by atoms with Crippen LogP contribution in [0.15, 0.2) is 0 Å². The van der Waals surface area contributed by atoms with Gasteiger partial charge < -0.3 is 15.4 Å². The van der Waals surface area contributed by atoms with E-state index in [4.69, 9.17) is 10.5 Å². The summed E-state index contributed by atoms with van der Waals surface area (Å²) in [5, 5.41) is 0.529. The summed E-state index contributed by atoms with van der Waals surface area (Å²) < 4.78 is 5.27. The van der Waals surface area contributed by atoms with Crippen LogP contribution >= 0.6 is 11.8 Å².